The Morgan fingerprint density at radius 1 is 1.32 bits per heavy atom. The molecule has 1 aromatic heterocycles. The molecule has 0 bridgehead atoms. The number of aryl methyl sites for hydroxylation is 1. The van der Waals surface area contributed by atoms with E-state index >= 15 is 0 Å². The van der Waals surface area contributed by atoms with Crippen molar-refractivity contribution < 1.29 is 9.90 Å². The van der Waals surface area contributed by atoms with E-state index in [4.69, 9.17) is 0 Å². The standard InChI is InChI=1S/C15H16N2O2/c1-11-14(3-2-8-16-11)12-4-6-13(7-5-12)15(9-18)17-10-19/h2-8,10,15,18H,9H2,1H3,(H,17,19)/t15-/m0/s1. The van der Waals surface area contributed by atoms with Gasteiger partial charge in [0.15, 0.2) is 0 Å². The lowest BCUT2D eigenvalue weighted by Crippen LogP contribution is -2.22. The molecule has 1 heterocycles. The van der Waals surface area contributed by atoms with Gasteiger partial charge >= 0.3 is 0 Å². The first-order chi connectivity index (χ1) is 9.26. The molecule has 4 heteroatoms. The molecule has 1 aromatic carbocycles. The third kappa shape index (κ3) is 2.98. The van der Waals surface area contributed by atoms with E-state index in [1.54, 1.807) is 6.20 Å². The van der Waals surface area contributed by atoms with Crippen molar-refractivity contribution in [3.63, 3.8) is 0 Å². The molecule has 0 radical (unpaired) electrons. The molecule has 1 atom stereocenters. The number of rotatable bonds is 5. The van der Waals surface area contributed by atoms with Crippen molar-refractivity contribution in [1.82, 2.24) is 10.3 Å². The van der Waals surface area contributed by atoms with Gasteiger partial charge in [-0.25, -0.2) is 0 Å². The summed E-state index contributed by atoms with van der Waals surface area (Å²) < 4.78 is 0. The summed E-state index contributed by atoms with van der Waals surface area (Å²) in [6.45, 7) is 1.84. The molecule has 0 fully saturated rings. The summed E-state index contributed by atoms with van der Waals surface area (Å²) in [4.78, 5) is 14.7. The second kappa shape index (κ2) is 6.11. The maximum atomic E-state index is 10.5. The molecule has 0 aliphatic heterocycles. The number of benzene rings is 1. The number of aliphatic hydroxyl groups is 1. The number of amides is 1. The summed E-state index contributed by atoms with van der Waals surface area (Å²) in [5, 5.41) is 11.8. The Morgan fingerprint density at radius 3 is 2.63 bits per heavy atom. The van der Waals surface area contributed by atoms with Crippen LogP contribution in [-0.2, 0) is 4.79 Å². The van der Waals surface area contributed by atoms with E-state index in [1.807, 2.05) is 43.3 Å². The Bertz CT molecular complexity index is 552. The van der Waals surface area contributed by atoms with Gasteiger partial charge in [-0.3, -0.25) is 9.78 Å². The summed E-state index contributed by atoms with van der Waals surface area (Å²) in [6.07, 6.45) is 2.36. The molecule has 2 rings (SSSR count). The second-order valence-corrected chi connectivity index (χ2v) is 4.28. The zero-order valence-electron chi connectivity index (χ0n) is 10.7. The normalized spacial score (nSPS) is 11.9. The zero-order valence-corrected chi connectivity index (χ0v) is 10.7. The Morgan fingerprint density at radius 2 is 2.05 bits per heavy atom. The minimum Gasteiger partial charge on any atom is -0.394 e. The van der Waals surface area contributed by atoms with E-state index in [1.165, 1.54) is 0 Å². The van der Waals surface area contributed by atoms with Crippen molar-refractivity contribution in [1.29, 1.82) is 0 Å². The minimum absolute atomic E-state index is 0.121. The van der Waals surface area contributed by atoms with Gasteiger partial charge in [-0.1, -0.05) is 30.3 Å². The van der Waals surface area contributed by atoms with E-state index in [0.717, 1.165) is 22.4 Å². The van der Waals surface area contributed by atoms with Crippen LogP contribution in [-0.4, -0.2) is 23.1 Å². The highest BCUT2D eigenvalue weighted by atomic mass is 16.3. The molecule has 2 N–H and O–H groups in total. The maximum absolute atomic E-state index is 10.5. The van der Waals surface area contributed by atoms with E-state index in [-0.39, 0.29) is 12.6 Å². The molecule has 1 amide bonds. The van der Waals surface area contributed by atoms with Crippen molar-refractivity contribution in [3.05, 3.63) is 53.9 Å². The van der Waals surface area contributed by atoms with Gasteiger partial charge in [-0.15, -0.1) is 0 Å². The van der Waals surface area contributed by atoms with Crippen LogP contribution in [0.1, 0.15) is 17.3 Å². The van der Waals surface area contributed by atoms with E-state index in [9.17, 15) is 9.90 Å². The lowest BCUT2D eigenvalue weighted by atomic mass is 10.0. The molecule has 2 aromatic rings. The summed E-state index contributed by atoms with van der Waals surface area (Å²) in [5.74, 6) is 0. The number of hydrogen-bond donors (Lipinski definition) is 2. The fourth-order valence-corrected chi connectivity index (χ4v) is 2.02. The zero-order chi connectivity index (χ0) is 13.7. The molecule has 19 heavy (non-hydrogen) atoms. The predicted octanol–water partition coefficient (Wildman–Crippen LogP) is 1.84. The third-order valence-corrected chi connectivity index (χ3v) is 3.08. The van der Waals surface area contributed by atoms with Gasteiger partial charge in [0.05, 0.1) is 12.6 Å². The first-order valence-electron chi connectivity index (χ1n) is 6.08. The molecule has 4 nitrogen and oxygen atoms in total. The predicted molar refractivity (Wildman–Crippen MR) is 73.4 cm³/mol. The topological polar surface area (TPSA) is 62.2 Å². The molecule has 0 saturated carbocycles. The molecule has 0 unspecified atom stereocenters. The number of nitrogens with one attached hydrogen (secondary N) is 1. The number of nitrogens with zero attached hydrogens (tertiary/aromatic N) is 1. The fraction of sp³-hybridized carbons (Fsp3) is 0.200. The number of pyridine rings is 1. The Kier molecular flexibility index (Phi) is 4.26. The van der Waals surface area contributed by atoms with Crippen LogP contribution < -0.4 is 5.32 Å². The SMILES string of the molecule is Cc1ncccc1-c1ccc([C@H](CO)NC=O)cc1. The highest BCUT2D eigenvalue weighted by Gasteiger charge is 2.09. The summed E-state index contributed by atoms with van der Waals surface area (Å²) >= 11 is 0. The molecule has 0 spiro atoms. The van der Waals surface area contributed by atoms with Gasteiger partial charge in [-0.05, 0) is 24.1 Å². The van der Waals surface area contributed by atoms with Gasteiger partial charge in [0, 0.05) is 17.5 Å². The Hall–Kier alpha value is -2.20. The van der Waals surface area contributed by atoms with Gasteiger partial charge in [0.2, 0.25) is 6.41 Å². The number of carbonyl (C=O) groups excluding carboxylic acids is 1. The second-order valence-electron chi connectivity index (χ2n) is 4.28. The monoisotopic (exact) mass is 256 g/mol. The first-order valence-corrected chi connectivity index (χ1v) is 6.08. The van der Waals surface area contributed by atoms with Crippen LogP contribution in [0.3, 0.4) is 0 Å². The van der Waals surface area contributed by atoms with E-state index < -0.39 is 0 Å². The maximum Gasteiger partial charge on any atom is 0.207 e. The highest BCUT2D eigenvalue weighted by Crippen LogP contribution is 2.23. The Balaban J connectivity index is 2.28. The van der Waals surface area contributed by atoms with Crippen LogP contribution in [0.2, 0.25) is 0 Å². The molecular formula is C15H16N2O2. The van der Waals surface area contributed by atoms with Crippen LogP contribution in [0.25, 0.3) is 11.1 Å². The van der Waals surface area contributed by atoms with Crippen LogP contribution in [0, 0.1) is 6.92 Å². The first kappa shape index (κ1) is 13.2. The smallest absolute Gasteiger partial charge is 0.207 e. The van der Waals surface area contributed by atoms with Crippen LogP contribution in [0.4, 0.5) is 0 Å². The van der Waals surface area contributed by atoms with Gasteiger partial charge in [0.1, 0.15) is 0 Å². The fourth-order valence-electron chi connectivity index (χ4n) is 2.02. The average molecular weight is 256 g/mol. The quantitative estimate of drug-likeness (QED) is 0.802. The summed E-state index contributed by atoms with van der Waals surface area (Å²) in [7, 11) is 0. The minimum atomic E-state index is -0.360. The third-order valence-electron chi connectivity index (χ3n) is 3.08. The summed E-state index contributed by atoms with van der Waals surface area (Å²) in [6, 6.07) is 11.3. The number of hydrogen-bond acceptors (Lipinski definition) is 3. The van der Waals surface area contributed by atoms with Crippen LogP contribution in [0.15, 0.2) is 42.6 Å². The molecule has 0 saturated heterocycles. The van der Waals surface area contributed by atoms with Crippen molar-refractivity contribution in [3.8, 4) is 11.1 Å². The van der Waals surface area contributed by atoms with Crippen molar-refractivity contribution in [2.75, 3.05) is 6.61 Å². The van der Waals surface area contributed by atoms with Crippen molar-refractivity contribution in [2.24, 2.45) is 0 Å². The largest absolute Gasteiger partial charge is 0.394 e. The molecule has 98 valence electrons. The van der Waals surface area contributed by atoms with E-state index in [2.05, 4.69) is 10.3 Å². The lowest BCUT2D eigenvalue weighted by molar-refractivity contribution is -0.110. The number of carbonyl (C=O) groups is 1. The van der Waals surface area contributed by atoms with Gasteiger partial charge in [0.25, 0.3) is 0 Å². The van der Waals surface area contributed by atoms with Gasteiger partial charge in [-0.2, -0.15) is 0 Å². The lowest BCUT2D eigenvalue weighted by Gasteiger charge is -2.14. The van der Waals surface area contributed by atoms with Crippen LogP contribution in [0.5, 0.6) is 0 Å². The Labute approximate surface area is 112 Å². The summed E-state index contributed by atoms with van der Waals surface area (Å²) in [5.41, 5.74) is 4.00. The van der Waals surface area contributed by atoms with Gasteiger partial charge < -0.3 is 10.4 Å². The average Bonchev–Trinajstić information content (AvgIpc) is 2.46. The van der Waals surface area contributed by atoms with Crippen LogP contribution >= 0.6 is 0 Å². The molecular weight excluding hydrogens is 240 g/mol. The number of aliphatic hydroxyl groups excluding tert-OH is 1. The van der Waals surface area contributed by atoms with Crippen molar-refractivity contribution >= 4 is 6.41 Å². The van der Waals surface area contributed by atoms with Crippen molar-refractivity contribution in [2.45, 2.75) is 13.0 Å². The van der Waals surface area contributed by atoms with E-state index in [0.29, 0.717) is 6.41 Å². The molecule has 0 aliphatic rings. The highest BCUT2D eigenvalue weighted by molar-refractivity contribution is 5.65. The number of aromatic nitrogens is 1. The molecule has 0 aliphatic carbocycles.